The van der Waals surface area contributed by atoms with Gasteiger partial charge in [0.2, 0.25) is 0 Å². The third-order valence-electron chi connectivity index (χ3n) is 4.49. The lowest BCUT2D eigenvalue weighted by Gasteiger charge is -2.31. The Morgan fingerprint density at radius 1 is 0.926 bits per heavy atom. The Morgan fingerprint density at radius 3 is 2.52 bits per heavy atom. The summed E-state index contributed by atoms with van der Waals surface area (Å²) in [6.45, 7) is 0.572. The Labute approximate surface area is 162 Å². The lowest BCUT2D eigenvalue weighted by molar-refractivity contribution is 0.248. The number of aromatic hydroxyl groups is 1. The van der Waals surface area contributed by atoms with E-state index in [0.29, 0.717) is 12.2 Å². The van der Waals surface area contributed by atoms with E-state index in [1.54, 1.807) is 28.8 Å². The number of urea groups is 1. The Balaban J connectivity index is 1.51. The summed E-state index contributed by atoms with van der Waals surface area (Å²) in [5, 5.41) is 13.4. The van der Waals surface area contributed by atoms with Crippen molar-refractivity contribution in [2.24, 2.45) is 0 Å². The van der Waals surface area contributed by atoms with Crippen LogP contribution in [-0.2, 0) is 6.42 Å². The van der Waals surface area contributed by atoms with Gasteiger partial charge in [-0.05, 0) is 42.7 Å². The van der Waals surface area contributed by atoms with Crippen LogP contribution in [-0.4, -0.2) is 17.7 Å². The van der Waals surface area contributed by atoms with Crippen molar-refractivity contribution in [3.63, 3.8) is 0 Å². The summed E-state index contributed by atoms with van der Waals surface area (Å²) in [7, 11) is 0. The van der Waals surface area contributed by atoms with Crippen molar-refractivity contribution < 1.29 is 9.90 Å². The van der Waals surface area contributed by atoms with E-state index in [1.165, 1.54) is 5.56 Å². The number of aryl methyl sites for hydroxylation is 1. The zero-order chi connectivity index (χ0) is 18.6. The fourth-order valence-electron chi connectivity index (χ4n) is 3.21. The first-order chi connectivity index (χ1) is 13.2. The summed E-state index contributed by atoms with van der Waals surface area (Å²) in [5.74, 6) is 0.105. The molecule has 0 fully saturated rings. The molecular formula is C22H20N2O2S. The fourth-order valence-corrected chi connectivity index (χ4v) is 4.29. The number of rotatable bonds is 4. The van der Waals surface area contributed by atoms with E-state index in [2.05, 4.69) is 17.4 Å². The molecule has 1 aliphatic heterocycles. The first-order valence-electron chi connectivity index (χ1n) is 8.95. The molecule has 2 amide bonds. The largest absolute Gasteiger partial charge is 0.506 e. The molecule has 2 N–H and O–H groups in total. The molecule has 0 saturated carbocycles. The highest BCUT2D eigenvalue weighted by Crippen LogP contribution is 2.51. The molecule has 0 saturated heterocycles. The maximum Gasteiger partial charge on any atom is 0.326 e. The van der Waals surface area contributed by atoms with E-state index < -0.39 is 0 Å². The van der Waals surface area contributed by atoms with Gasteiger partial charge in [0.1, 0.15) is 11.4 Å². The molecule has 27 heavy (non-hydrogen) atoms. The maximum absolute atomic E-state index is 13.0. The van der Waals surface area contributed by atoms with Gasteiger partial charge in [-0.1, -0.05) is 60.3 Å². The second-order valence-electron chi connectivity index (χ2n) is 6.35. The number of phenolic OH excluding ortho intramolecular Hbond substituents is 1. The highest BCUT2D eigenvalue weighted by Gasteiger charge is 2.30. The van der Waals surface area contributed by atoms with Crippen molar-refractivity contribution >= 4 is 29.2 Å². The Kier molecular flexibility index (Phi) is 5.03. The number of carbonyl (C=O) groups excluding carboxylic acids is 1. The summed E-state index contributed by atoms with van der Waals surface area (Å²) in [5.41, 5.74) is 2.59. The van der Waals surface area contributed by atoms with Gasteiger partial charge in [0.25, 0.3) is 0 Å². The predicted molar refractivity (Wildman–Crippen MR) is 109 cm³/mol. The van der Waals surface area contributed by atoms with Crippen LogP contribution in [0.5, 0.6) is 5.75 Å². The second-order valence-corrected chi connectivity index (χ2v) is 7.43. The molecular weight excluding hydrogens is 356 g/mol. The van der Waals surface area contributed by atoms with E-state index in [9.17, 15) is 9.90 Å². The molecule has 0 unspecified atom stereocenters. The van der Waals surface area contributed by atoms with Gasteiger partial charge < -0.3 is 10.4 Å². The van der Waals surface area contributed by atoms with Gasteiger partial charge in [-0.3, -0.25) is 4.90 Å². The number of hydrogen-bond donors (Lipinski definition) is 2. The van der Waals surface area contributed by atoms with Crippen LogP contribution in [0.4, 0.5) is 16.2 Å². The minimum Gasteiger partial charge on any atom is -0.506 e. The maximum atomic E-state index is 13.0. The Morgan fingerprint density at radius 2 is 1.67 bits per heavy atom. The number of anilines is 2. The molecule has 136 valence electrons. The van der Waals surface area contributed by atoms with Crippen molar-refractivity contribution in [3.8, 4) is 5.75 Å². The number of nitrogens with one attached hydrogen (secondary N) is 1. The first kappa shape index (κ1) is 17.5. The molecule has 1 aliphatic rings. The average Bonchev–Trinajstić information content (AvgIpc) is 2.70. The smallest absolute Gasteiger partial charge is 0.326 e. The number of phenols is 1. The summed E-state index contributed by atoms with van der Waals surface area (Å²) in [6.07, 6.45) is 1.77. The lowest BCUT2D eigenvalue weighted by Crippen LogP contribution is -2.38. The van der Waals surface area contributed by atoms with Crippen LogP contribution in [0.2, 0.25) is 0 Å². The number of benzene rings is 3. The first-order valence-corrected chi connectivity index (χ1v) is 9.76. The van der Waals surface area contributed by atoms with Crippen molar-refractivity contribution in [1.82, 2.24) is 5.32 Å². The number of fused-ring (bicyclic) bond motifs is 2. The van der Waals surface area contributed by atoms with Crippen LogP contribution in [0.3, 0.4) is 0 Å². The van der Waals surface area contributed by atoms with Gasteiger partial charge in [-0.25, -0.2) is 4.79 Å². The quantitative estimate of drug-likeness (QED) is 0.605. The monoisotopic (exact) mass is 376 g/mol. The zero-order valence-electron chi connectivity index (χ0n) is 14.8. The summed E-state index contributed by atoms with van der Waals surface area (Å²) in [4.78, 5) is 16.4. The molecule has 0 bridgehead atoms. The third-order valence-corrected chi connectivity index (χ3v) is 5.61. The van der Waals surface area contributed by atoms with Gasteiger partial charge in [0, 0.05) is 16.3 Å². The van der Waals surface area contributed by atoms with Crippen LogP contribution in [0.1, 0.15) is 12.0 Å². The second kappa shape index (κ2) is 7.76. The topological polar surface area (TPSA) is 52.6 Å². The molecule has 4 rings (SSSR count). The van der Waals surface area contributed by atoms with Crippen LogP contribution in [0.15, 0.2) is 82.6 Å². The number of carbonyl (C=O) groups is 1. The average molecular weight is 376 g/mol. The molecule has 0 radical (unpaired) electrons. The summed E-state index contributed by atoms with van der Waals surface area (Å²) < 4.78 is 0. The standard InChI is InChI=1S/C22H20N2O2S/c25-18-12-6-14-20-21(18)24(17-11-4-5-13-19(17)27-20)22(26)23-15-7-10-16-8-2-1-3-9-16/h1-6,8-9,11-14,25H,7,10,15H2,(H,23,26). The summed E-state index contributed by atoms with van der Waals surface area (Å²) in [6, 6.07) is 23.1. The molecule has 3 aromatic rings. The van der Waals surface area contributed by atoms with Crippen molar-refractivity contribution in [2.45, 2.75) is 22.6 Å². The number of nitrogens with zero attached hydrogens (tertiary/aromatic N) is 1. The third kappa shape index (κ3) is 3.64. The predicted octanol–water partition coefficient (Wildman–Crippen LogP) is 5.34. The van der Waals surface area contributed by atoms with Crippen molar-refractivity contribution in [3.05, 3.63) is 78.4 Å². The lowest BCUT2D eigenvalue weighted by atomic mass is 10.1. The van der Waals surface area contributed by atoms with Gasteiger partial charge in [0.05, 0.1) is 5.69 Å². The van der Waals surface area contributed by atoms with E-state index >= 15 is 0 Å². The molecule has 3 aromatic carbocycles. The number of amides is 2. The Bertz CT molecular complexity index is 960. The van der Waals surface area contributed by atoms with Crippen LogP contribution >= 0.6 is 11.8 Å². The molecule has 5 heteroatoms. The summed E-state index contributed by atoms with van der Waals surface area (Å²) >= 11 is 1.56. The highest BCUT2D eigenvalue weighted by molar-refractivity contribution is 7.99. The highest BCUT2D eigenvalue weighted by atomic mass is 32.2. The number of para-hydroxylation sites is 2. The van der Waals surface area contributed by atoms with Crippen molar-refractivity contribution in [1.29, 1.82) is 0 Å². The van der Waals surface area contributed by atoms with E-state index in [4.69, 9.17) is 0 Å². The van der Waals surface area contributed by atoms with Crippen LogP contribution in [0.25, 0.3) is 0 Å². The minimum absolute atomic E-state index is 0.105. The molecule has 0 aliphatic carbocycles. The van der Waals surface area contributed by atoms with E-state index in [0.717, 1.165) is 28.3 Å². The van der Waals surface area contributed by atoms with E-state index in [1.807, 2.05) is 48.5 Å². The van der Waals surface area contributed by atoms with Gasteiger partial charge in [0.15, 0.2) is 0 Å². The number of hydrogen-bond acceptors (Lipinski definition) is 3. The van der Waals surface area contributed by atoms with Crippen molar-refractivity contribution in [2.75, 3.05) is 11.4 Å². The van der Waals surface area contributed by atoms with Gasteiger partial charge >= 0.3 is 6.03 Å². The molecule has 4 nitrogen and oxygen atoms in total. The van der Waals surface area contributed by atoms with E-state index in [-0.39, 0.29) is 11.8 Å². The minimum atomic E-state index is -0.224. The Hall–Kier alpha value is -2.92. The normalized spacial score (nSPS) is 12.2. The van der Waals surface area contributed by atoms with Gasteiger partial charge in [-0.2, -0.15) is 0 Å². The zero-order valence-corrected chi connectivity index (χ0v) is 15.6. The van der Waals surface area contributed by atoms with Crippen LogP contribution in [0, 0.1) is 0 Å². The van der Waals surface area contributed by atoms with Crippen LogP contribution < -0.4 is 10.2 Å². The SMILES string of the molecule is O=C(NCCCc1ccccc1)N1c2ccccc2Sc2cccc(O)c21. The molecule has 0 spiro atoms. The van der Waals surface area contributed by atoms with Gasteiger partial charge in [-0.15, -0.1) is 0 Å². The molecule has 0 aromatic heterocycles. The molecule has 0 atom stereocenters. The molecule has 1 heterocycles. The fraction of sp³-hybridized carbons (Fsp3) is 0.136.